The molecule has 25 heavy (non-hydrogen) atoms. The van der Waals surface area contributed by atoms with Crippen LogP contribution in [0.4, 0.5) is 0 Å². The highest BCUT2D eigenvalue weighted by Crippen LogP contribution is 2.27. The van der Waals surface area contributed by atoms with Gasteiger partial charge in [0, 0.05) is 6.54 Å². The molecule has 0 aliphatic carbocycles. The van der Waals surface area contributed by atoms with Gasteiger partial charge in [0.25, 0.3) is 5.91 Å². The number of hydrogen-bond donors (Lipinski definition) is 0. The molecule has 8 heteroatoms. The van der Waals surface area contributed by atoms with Gasteiger partial charge in [0.1, 0.15) is 0 Å². The van der Waals surface area contributed by atoms with Crippen LogP contribution in [-0.4, -0.2) is 27.5 Å². The summed E-state index contributed by atoms with van der Waals surface area (Å²) in [5.74, 6) is 0.597. The van der Waals surface area contributed by atoms with E-state index in [9.17, 15) is 4.79 Å². The van der Waals surface area contributed by atoms with Crippen molar-refractivity contribution in [2.45, 2.75) is 19.9 Å². The van der Waals surface area contributed by atoms with Crippen LogP contribution in [0.1, 0.15) is 28.9 Å². The third kappa shape index (κ3) is 4.21. The summed E-state index contributed by atoms with van der Waals surface area (Å²) in [6.07, 6.45) is 0.816. The van der Waals surface area contributed by atoms with Crippen LogP contribution in [0.25, 0.3) is 11.5 Å². The van der Waals surface area contributed by atoms with Crippen LogP contribution in [-0.2, 0) is 6.54 Å². The normalized spacial score (nSPS) is 10.8. The molecule has 0 unspecified atom stereocenters. The van der Waals surface area contributed by atoms with Crippen LogP contribution in [0.2, 0.25) is 9.36 Å². The van der Waals surface area contributed by atoms with Crippen LogP contribution >= 0.6 is 34.5 Å². The Balaban J connectivity index is 1.79. The molecule has 0 aliphatic heterocycles. The van der Waals surface area contributed by atoms with E-state index in [0.717, 1.165) is 6.42 Å². The lowest BCUT2D eigenvalue weighted by atomic mass is 10.2. The molecule has 3 rings (SSSR count). The number of carbonyl (C=O) groups is 1. The molecule has 130 valence electrons. The summed E-state index contributed by atoms with van der Waals surface area (Å²) in [5.41, 5.74) is 0.668. The summed E-state index contributed by atoms with van der Waals surface area (Å²) < 4.78 is 6.28. The van der Waals surface area contributed by atoms with Gasteiger partial charge in [-0.3, -0.25) is 4.79 Å². The van der Waals surface area contributed by atoms with Crippen LogP contribution in [0.15, 0.2) is 40.8 Å². The molecule has 0 bridgehead atoms. The van der Waals surface area contributed by atoms with Gasteiger partial charge in [0.05, 0.1) is 26.3 Å². The molecule has 2 aromatic heterocycles. The van der Waals surface area contributed by atoms with Crippen molar-refractivity contribution < 1.29 is 9.21 Å². The zero-order valence-corrected chi connectivity index (χ0v) is 15.7. The minimum Gasteiger partial charge on any atom is -0.419 e. The largest absolute Gasteiger partial charge is 0.419 e. The average Bonchev–Trinajstić information content (AvgIpc) is 3.23. The van der Waals surface area contributed by atoms with E-state index < -0.39 is 0 Å². The van der Waals surface area contributed by atoms with Crippen molar-refractivity contribution in [3.8, 4) is 11.5 Å². The Morgan fingerprint density at radius 2 is 2.00 bits per heavy atom. The number of carbonyl (C=O) groups excluding carboxylic acids is 1. The summed E-state index contributed by atoms with van der Waals surface area (Å²) in [7, 11) is 0. The molecule has 1 amide bonds. The standard InChI is InChI=1S/C17H15Cl2N3O2S/c1-2-9-22(17(23)13-7-8-14(19)25-13)10-15-20-21-16(24-15)11-5-3-4-6-12(11)18/h3-8H,2,9-10H2,1H3. The van der Waals surface area contributed by atoms with Crippen molar-refractivity contribution in [3.63, 3.8) is 0 Å². The molecule has 1 aromatic carbocycles. The molecule has 2 heterocycles. The number of thiophene rings is 1. The Labute approximate surface area is 159 Å². The van der Waals surface area contributed by atoms with Gasteiger partial charge in [-0.1, -0.05) is 42.3 Å². The summed E-state index contributed by atoms with van der Waals surface area (Å²) in [6.45, 7) is 2.82. The Kier molecular flexibility index (Phi) is 5.73. The van der Waals surface area contributed by atoms with Crippen molar-refractivity contribution in [2.75, 3.05) is 6.54 Å². The molecule has 0 aliphatic rings. The average molecular weight is 396 g/mol. The lowest BCUT2D eigenvalue weighted by molar-refractivity contribution is 0.0733. The van der Waals surface area contributed by atoms with Gasteiger partial charge in [-0.15, -0.1) is 21.5 Å². The number of nitrogens with zero attached hydrogens (tertiary/aromatic N) is 3. The van der Waals surface area contributed by atoms with E-state index in [1.54, 1.807) is 23.1 Å². The molecular formula is C17H15Cl2N3O2S. The lowest BCUT2D eigenvalue weighted by Crippen LogP contribution is -2.30. The van der Waals surface area contributed by atoms with Gasteiger partial charge in [-0.05, 0) is 30.7 Å². The quantitative estimate of drug-likeness (QED) is 0.578. The topological polar surface area (TPSA) is 59.2 Å². The summed E-state index contributed by atoms with van der Waals surface area (Å²) in [4.78, 5) is 14.9. The van der Waals surface area contributed by atoms with Crippen LogP contribution < -0.4 is 0 Å². The van der Waals surface area contributed by atoms with E-state index in [0.29, 0.717) is 38.1 Å². The van der Waals surface area contributed by atoms with Crippen molar-refractivity contribution in [3.05, 3.63) is 56.5 Å². The second kappa shape index (κ2) is 7.99. The number of amides is 1. The van der Waals surface area contributed by atoms with Gasteiger partial charge in [-0.25, -0.2) is 0 Å². The van der Waals surface area contributed by atoms with E-state index in [1.165, 1.54) is 11.3 Å². The predicted molar refractivity (Wildman–Crippen MR) is 99.1 cm³/mol. The van der Waals surface area contributed by atoms with Crippen molar-refractivity contribution in [1.29, 1.82) is 0 Å². The Morgan fingerprint density at radius 1 is 1.20 bits per heavy atom. The Hall–Kier alpha value is -1.89. The highest BCUT2D eigenvalue weighted by molar-refractivity contribution is 7.17. The first-order valence-electron chi connectivity index (χ1n) is 7.70. The Morgan fingerprint density at radius 3 is 2.68 bits per heavy atom. The predicted octanol–water partition coefficient (Wildman–Crippen LogP) is 5.16. The first kappa shape index (κ1) is 17.9. The SMILES string of the molecule is CCCN(Cc1nnc(-c2ccccc2Cl)o1)C(=O)c1ccc(Cl)s1. The Bertz CT molecular complexity index is 878. The molecule has 0 fully saturated rings. The smallest absolute Gasteiger partial charge is 0.264 e. The lowest BCUT2D eigenvalue weighted by Gasteiger charge is -2.19. The monoisotopic (exact) mass is 395 g/mol. The van der Waals surface area contributed by atoms with E-state index in [2.05, 4.69) is 10.2 Å². The summed E-state index contributed by atoms with van der Waals surface area (Å²) in [6, 6.07) is 10.7. The van der Waals surface area contributed by atoms with Crippen LogP contribution in [0.5, 0.6) is 0 Å². The first-order valence-corrected chi connectivity index (χ1v) is 9.27. The van der Waals surface area contributed by atoms with Crippen molar-refractivity contribution in [2.24, 2.45) is 0 Å². The van der Waals surface area contributed by atoms with Gasteiger partial charge in [0.15, 0.2) is 0 Å². The second-order valence-electron chi connectivity index (χ2n) is 5.31. The van der Waals surface area contributed by atoms with Gasteiger partial charge in [0.2, 0.25) is 11.8 Å². The van der Waals surface area contributed by atoms with Gasteiger partial charge < -0.3 is 9.32 Å². The number of rotatable bonds is 6. The molecule has 0 N–H and O–H groups in total. The fourth-order valence-electron chi connectivity index (χ4n) is 2.33. The van der Waals surface area contributed by atoms with Crippen molar-refractivity contribution >= 4 is 40.4 Å². The van der Waals surface area contributed by atoms with Gasteiger partial charge in [-0.2, -0.15) is 0 Å². The zero-order valence-electron chi connectivity index (χ0n) is 13.4. The minimum absolute atomic E-state index is 0.101. The van der Waals surface area contributed by atoms with Crippen LogP contribution in [0, 0.1) is 0 Å². The molecule has 0 spiro atoms. The summed E-state index contributed by atoms with van der Waals surface area (Å²) in [5, 5.41) is 8.62. The van der Waals surface area contributed by atoms with Crippen molar-refractivity contribution in [1.82, 2.24) is 15.1 Å². The maximum atomic E-state index is 12.7. The summed E-state index contributed by atoms with van der Waals surface area (Å²) >= 11 is 13.3. The second-order valence-corrected chi connectivity index (χ2v) is 7.43. The molecule has 0 atom stereocenters. The van der Waals surface area contributed by atoms with E-state index >= 15 is 0 Å². The van der Waals surface area contributed by atoms with E-state index in [4.69, 9.17) is 27.6 Å². The van der Waals surface area contributed by atoms with Gasteiger partial charge >= 0.3 is 0 Å². The van der Waals surface area contributed by atoms with E-state index in [-0.39, 0.29) is 12.5 Å². The number of aromatic nitrogens is 2. The fraction of sp³-hybridized carbons (Fsp3) is 0.235. The molecule has 3 aromatic rings. The maximum absolute atomic E-state index is 12.7. The molecule has 0 saturated heterocycles. The van der Waals surface area contributed by atoms with E-state index in [1.807, 2.05) is 25.1 Å². The number of benzene rings is 1. The molecular weight excluding hydrogens is 381 g/mol. The fourth-order valence-corrected chi connectivity index (χ4v) is 3.56. The maximum Gasteiger partial charge on any atom is 0.264 e. The third-order valence-corrected chi connectivity index (χ3v) is 5.01. The minimum atomic E-state index is -0.101. The zero-order chi connectivity index (χ0) is 17.8. The molecule has 0 saturated carbocycles. The van der Waals surface area contributed by atoms with Crippen LogP contribution in [0.3, 0.4) is 0 Å². The highest BCUT2D eigenvalue weighted by atomic mass is 35.5. The number of hydrogen-bond acceptors (Lipinski definition) is 5. The number of halogens is 2. The first-order chi connectivity index (χ1) is 12.1. The highest BCUT2D eigenvalue weighted by Gasteiger charge is 2.20. The molecule has 0 radical (unpaired) electrons. The molecule has 5 nitrogen and oxygen atoms in total. The third-order valence-electron chi connectivity index (χ3n) is 3.46.